The van der Waals surface area contributed by atoms with Gasteiger partial charge in [0, 0.05) is 18.2 Å². The lowest BCUT2D eigenvalue weighted by Crippen LogP contribution is -2.39. The second-order valence-electron chi connectivity index (χ2n) is 6.40. The molecule has 0 radical (unpaired) electrons. The van der Waals surface area contributed by atoms with Crippen molar-refractivity contribution in [1.82, 2.24) is 15.5 Å². The Kier molecular flexibility index (Phi) is 8.83. The van der Waals surface area contributed by atoms with Gasteiger partial charge in [0.05, 0.1) is 19.7 Å². The van der Waals surface area contributed by atoms with E-state index in [2.05, 4.69) is 49.5 Å². The van der Waals surface area contributed by atoms with E-state index in [1.54, 1.807) is 7.11 Å². The molecular weight excluding hydrogens is 415 g/mol. The van der Waals surface area contributed by atoms with Gasteiger partial charge in [-0.15, -0.1) is 24.0 Å². The molecule has 2 N–H and O–H groups in total. The van der Waals surface area contributed by atoms with Crippen LogP contribution in [0.3, 0.4) is 0 Å². The van der Waals surface area contributed by atoms with E-state index < -0.39 is 0 Å². The Morgan fingerprint density at radius 3 is 2.58 bits per heavy atom. The third kappa shape index (κ3) is 5.81. The minimum absolute atomic E-state index is 0. The van der Waals surface area contributed by atoms with Crippen molar-refractivity contribution < 1.29 is 4.74 Å². The van der Waals surface area contributed by atoms with Crippen LogP contribution in [-0.2, 0) is 0 Å². The maximum Gasteiger partial charge on any atom is 0.191 e. The molecule has 1 aromatic carbocycles. The molecule has 0 heterocycles. The number of nitrogens with one attached hydrogen (secondary N) is 2. The van der Waals surface area contributed by atoms with Gasteiger partial charge in [-0.1, -0.05) is 25.1 Å². The second-order valence-corrected chi connectivity index (χ2v) is 6.40. The molecule has 3 unspecified atom stereocenters. The number of hydrogen-bond donors (Lipinski definition) is 2. The monoisotopic (exact) mass is 446 g/mol. The number of halogens is 1. The average Bonchev–Trinajstić information content (AvgIpc) is 3.22. The molecule has 1 aliphatic rings. The van der Waals surface area contributed by atoms with Gasteiger partial charge in [-0.3, -0.25) is 4.99 Å². The summed E-state index contributed by atoms with van der Waals surface area (Å²) in [7, 11) is 5.88. The van der Waals surface area contributed by atoms with Crippen LogP contribution >= 0.6 is 24.0 Å². The lowest BCUT2D eigenvalue weighted by Gasteiger charge is -2.25. The van der Waals surface area contributed by atoms with Crippen molar-refractivity contribution in [1.29, 1.82) is 0 Å². The third-order valence-corrected chi connectivity index (χ3v) is 4.32. The minimum atomic E-state index is 0. The largest absolute Gasteiger partial charge is 0.496 e. The van der Waals surface area contributed by atoms with Crippen LogP contribution in [0, 0.1) is 5.92 Å². The summed E-state index contributed by atoms with van der Waals surface area (Å²) in [6, 6.07) is 8.91. The van der Waals surface area contributed by atoms with Crippen molar-refractivity contribution in [2.24, 2.45) is 10.9 Å². The molecule has 0 saturated heterocycles. The fourth-order valence-electron chi connectivity index (χ4n) is 2.68. The number of guanidine groups is 1. The van der Waals surface area contributed by atoms with E-state index >= 15 is 0 Å². The number of likely N-dealkylation sites (N-methyl/N-ethyl adjacent to an activating group) is 1. The lowest BCUT2D eigenvalue weighted by atomic mass is 10.0. The van der Waals surface area contributed by atoms with Gasteiger partial charge in [-0.05, 0) is 39.4 Å². The first kappa shape index (κ1) is 21.0. The highest BCUT2D eigenvalue weighted by Gasteiger charge is 2.33. The van der Waals surface area contributed by atoms with Gasteiger partial charge < -0.3 is 20.3 Å². The molecule has 0 amide bonds. The molecule has 0 spiro atoms. The maximum atomic E-state index is 5.51. The van der Waals surface area contributed by atoms with Crippen molar-refractivity contribution in [2.75, 3.05) is 34.3 Å². The standard InChI is InChI=1S/C18H30N4O.HI/c1-6-19-18(21-15-11-13(15)2)20-12-16(22(3)4)14-9-7-8-10-17(14)23-5;/h7-10,13,15-16H,6,11-12H2,1-5H3,(H2,19,20,21);1H. The van der Waals surface area contributed by atoms with E-state index in [-0.39, 0.29) is 30.0 Å². The topological polar surface area (TPSA) is 48.9 Å². The van der Waals surface area contributed by atoms with E-state index in [4.69, 9.17) is 9.73 Å². The zero-order valence-electron chi connectivity index (χ0n) is 15.4. The predicted molar refractivity (Wildman–Crippen MR) is 112 cm³/mol. The molecule has 136 valence electrons. The van der Waals surface area contributed by atoms with Crippen LogP contribution in [0.15, 0.2) is 29.3 Å². The lowest BCUT2D eigenvalue weighted by molar-refractivity contribution is 0.295. The summed E-state index contributed by atoms with van der Waals surface area (Å²) in [4.78, 5) is 6.98. The number of rotatable bonds is 7. The highest BCUT2D eigenvalue weighted by atomic mass is 127. The van der Waals surface area contributed by atoms with Crippen molar-refractivity contribution in [3.63, 3.8) is 0 Å². The summed E-state index contributed by atoms with van der Waals surface area (Å²) < 4.78 is 5.51. The zero-order valence-corrected chi connectivity index (χ0v) is 17.7. The number of nitrogens with zero attached hydrogens (tertiary/aromatic N) is 2. The first-order valence-corrected chi connectivity index (χ1v) is 8.41. The van der Waals surface area contributed by atoms with Gasteiger partial charge in [0.2, 0.25) is 0 Å². The number of methoxy groups -OCH3 is 1. The Morgan fingerprint density at radius 1 is 1.38 bits per heavy atom. The van der Waals surface area contributed by atoms with Crippen LogP contribution < -0.4 is 15.4 Å². The Balaban J connectivity index is 0.00000288. The van der Waals surface area contributed by atoms with E-state index in [1.807, 2.05) is 18.2 Å². The van der Waals surface area contributed by atoms with Gasteiger partial charge in [0.25, 0.3) is 0 Å². The Labute approximate surface area is 163 Å². The Bertz CT molecular complexity index is 536. The SMILES string of the molecule is CCNC(=NCC(c1ccccc1OC)N(C)C)NC1CC1C.I. The summed E-state index contributed by atoms with van der Waals surface area (Å²) in [6.45, 7) is 5.91. The van der Waals surface area contributed by atoms with E-state index in [0.717, 1.165) is 24.2 Å². The van der Waals surface area contributed by atoms with Crippen molar-refractivity contribution in [3.05, 3.63) is 29.8 Å². The normalized spacial score (nSPS) is 21.0. The van der Waals surface area contributed by atoms with Gasteiger partial charge in [-0.2, -0.15) is 0 Å². The van der Waals surface area contributed by atoms with Gasteiger partial charge in [0.15, 0.2) is 5.96 Å². The fourth-order valence-corrected chi connectivity index (χ4v) is 2.68. The van der Waals surface area contributed by atoms with Crippen LogP contribution in [0.25, 0.3) is 0 Å². The molecular formula is C18H31IN4O. The van der Waals surface area contributed by atoms with E-state index in [1.165, 1.54) is 12.0 Å². The summed E-state index contributed by atoms with van der Waals surface area (Å²) in [5.74, 6) is 2.57. The number of benzene rings is 1. The fraction of sp³-hybridized carbons (Fsp3) is 0.611. The summed E-state index contributed by atoms with van der Waals surface area (Å²) in [5.41, 5.74) is 1.17. The molecule has 1 saturated carbocycles. The quantitative estimate of drug-likeness (QED) is 0.384. The first-order valence-electron chi connectivity index (χ1n) is 8.41. The molecule has 0 aliphatic heterocycles. The highest BCUT2D eigenvalue weighted by Crippen LogP contribution is 2.29. The van der Waals surface area contributed by atoms with Gasteiger partial charge >= 0.3 is 0 Å². The Hall–Kier alpha value is -1.02. The van der Waals surface area contributed by atoms with Crippen LogP contribution in [0.1, 0.15) is 31.9 Å². The second kappa shape index (κ2) is 10.1. The summed E-state index contributed by atoms with van der Waals surface area (Å²) in [6.07, 6.45) is 1.23. The zero-order chi connectivity index (χ0) is 16.8. The molecule has 3 atom stereocenters. The summed E-state index contributed by atoms with van der Waals surface area (Å²) >= 11 is 0. The number of aliphatic imine (C=N–C) groups is 1. The molecule has 1 aromatic rings. The van der Waals surface area contributed by atoms with Crippen LogP contribution in [0.5, 0.6) is 5.75 Å². The maximum absolute atomic E-state index is 5.51. The van der Waals surface area contributed by atoms with Crippen LogP contribution in [0.2, 0.25) is 0 Å². The molecule has 24 heavy (non-hydrogen) atoms. The third-order valence-electron chi connectivity index (χ3n) is 4.32. The van der Waals surface area contributed by atoms with Gasteiger partial charge in [0.1, 0.15) is 5.75 Å². The van der Waals surface area contributed by atoms with Crippen molar-refractivity contribution in [3.8, 4) is 5.75 Å². The smallest absolute Gasteiger partial charge is 0.191 e. The molecule has 1 aliphatic carbocycles. The van der Waals surface area contributed by atoms with Crippen LogP contribution in [-0.4, -0.2) is 51.2 Å². The molecule has 1 fully saturated rings. The van der Waals surface area contributed by atoms with E-state index in [0.29, 0.717) is 12.6 Å². The molecule has 5 nitrogen and oxygen atoms in total. The number of hydrogen-bond acceptors (Lipinski definition) is 3. The predicted octanol–water partition coefficient (Wildman–Crippen LogP) is 2.88. The number of para-hydroxylation sites is 1. The first-order chi connectivity index (χ1) is 11.1. The summed E-state index contributed by atoms with van der Waals surface area (Å²) in [5, 5.41) is 6.84. The van der Waals surface area contributed by atoms with Crippen molar-refractivity contribution in [2.45, 2.75) is 32.4 Å². The minimum Gasteiger partial charge on any atom is -0.496 e. The van der Waals surface area contributed by atoms with Gasteiger partial charge in [-0.25, -0.2) is 0 Å². The average molecular weight is 446 g/mol. The molecule has 0 bridgehead atoms. The van der Waals surface area contributed by atoms with Crippen molar-refractivity contribution >= 4 is 29.9 Å². The van der Waals surface area contributed by atoms with Crippen LogP contribution in [0.4, 0.5) is 0 Å². The Morgan fingerprint density at radius 2 is 2.04 bits per heavy atom. The molecule has 0 aromatic heterocycles. The highest BCUT2D eigenvalue weighted by molar-refractivity contribution is 14.0. The molecule has 6 heteroatoms. The molecule has 2 rings (SSSR count). The number of ether oxygens (including phenoxy) is 1. The van der Waals surface area contributed by atoms with E-state index in [9.17, 15) is 0 Å².